The zero-order valence-corrected chi connectivity index (χ0v) is 18.8. The van der Waals surface area contributed by atoms with Crippen molar-refractivity contribution in [2.45, 2.75) is 49.1 Å². The molecule has 158 valence electrons. The summed E-state index contributed by atoms with van der Waals surface area (Å²) in [5.41, 5.74) is 1.01. The van der Waals surface area contributed by atoms with Crippen LogP contribution >= 0.6 is 11.8 Å². The number of nitrogens with one attached hydrogen (secondary N) is 2. The van der Waals surface area contributed by atoms with Gasteiger partial charge in [0.05, 0.1) is 10.9 Å². The Hall–Kier alpha value is -2.03. The highest BCUT2D eigenvalue weighted by atomic mass is 32.2. The first kappa shape index (κ1) is 23.3. The van der Waals surface area contributed by atoms with Crippen LogP contribution in [0.4, 0.5) is 0 Å². The van der Waals surface area contributed by atoms with Gasteiger partial charge in [0.15, 0.2) is 6.61 Å². The van der Waals surface area contributed by atoms with Gasteiger partial charge < -0.3 is 10.1 Å². The number of sulfonamides is 1. The summed E-state index contributed by atoms with van der Waals surface area (Å²) in [5, 5.41) is 2.89. The van der Waals surface area contributed by atoms with Gasteiger partial charge >= 0.3 is 0 Å². The molecule has 29 heavy (non-hydrogen) atoms. The van der Waals surface area contributed by atoms with Gasteiger partial charge in [0, 0.05) is 10.9 Å². The number of carbonyl (C=O) groups is 1. The lowest BCUT2D eigenvalue weighted by Gasteiger charge is -2.15. The largest absolute Gasteiger partial charge is 0.484 e. The van der Waals surface area contributed by atoms with E-state index in [9.17, 15) is 13.2 Å². The van der Waals surface area contributed by atoms with E-state index in [-0.39, 0.29) is 29.5 Å². The van der Waals surface area contributed by atoms with Crippen molar-refractivity contribution in [1.82, 2.24) is 10.0 Å². The fourth-order valence-corrected chi connectivity index (χ4v) is 4.27. The average molecular weight is 437 g/mol. The molecular weight excluding hydrogens is 408 g/mol. The molecule has 0 unspecified atom stereocenters. The van der Waals surface area contributed by atoms with Crippen molar-refractivity contribution < 1.29 is 17.9 Å². The topological polar surface area (TPSA) is 84.5 Å². The minimum absolute atomic E-state index is 0.138. The molecule has 0 saturated carbocycles. The Morgan fingerprint density at radius 2 is 1.69 bits per heavy atom. The Bertz CT molecular complexity index is 897. The van der Waals surface area contributed by atoms with Crippen molar-refractivity contribution in [2.24, 2.45) is 0 Å². The van der Waals surface area contributed by atoms with Crippen molar-refractivity contribution in [1.29, 1.82) is 0 Å². The van der Waals surface area contributed by atoms with Crippen LogP contribution in [0.5, 0.6) is 5.75 Å². The Kier molecular flexibility index (Phi) is 8.55. The van der Waals surface area contributed by atoms with Gasteiger partial charge in [0.2, 0.25) is 10.0 Å². The Balaban J connectivity index is 1.88. The molecule has 2 N–H and O–H groups in total. The molecule has 6 nitrogen and oxygen atoms in total. The summed E-state index contributed by atoms with van der Waals surface area (Å²) < 4.78 is 32.6. The molecule has 0 radical (unpaired) electrons. The summed E-state index contributed by atoms with van der Waals surface area (Å²) in [4.78, 5) is 13.5. The zero-order chi connectivity index (χ0) is 21.4. The van der Waals surface area contributed by atoms with E-state index in [1.54, 1.807) is 23.9 Å². The predicted molar refractivity (Wildman–Crippen MR) is 117 cm³/mol. The summed E-state index contributed by atoms with van der Waals surface area (Å²) in [7, 11) is -3.56. The first-order chi connectivity index (χ1) is 13.7. The van der Waals surface area contributed by atoms with Gasteiger partial charge in [-0.3, -0.25) is 4.79 Å². The molecule has 0 heterocycles. The van der Waals surface area contributed by atoms with Gasteiger partial charge in [-0.05, 0) is 68.5 Å². The maximum absolute atomic E-state index is 12.3. The van der Waals surface area contributed by atoms with Gasteiger partial charge in [0.25, 0.3) is 5.91 Å². The molecule has 0 spiro atoms. The summed E-state index contributed by atoms with van der Waals surface area (Å²) in [6.45, 7) is 5.49. The summed E-state index contributed by atoms with van der Waals surface area (Å²) in [6.07, 6.45) is 2.72. The SMILES string of the molecule is CC[C@@H](C)NS(=O)(=O)c1ccc(OCC(=O)N[C@@H](C)c2ccc(SC)cc2)cc1. The van der Waals surface area contributed by atoms with E-state index in [1.807, 2.05) is 51.3 Å². The number of hydrogen-bond acceptors (Lipinski definition) is 5. The monoisotopic (exact) mass is 436 g/mol. The fourth-order valence-electron chi connectivity index (χ4n) is 2.54. The third kappa shape index (κ3) is 7.06. The lowest BCUT2D eigenvalue weighted by atomic mass is 10.1. The summed E-state index contributed by atoms with van der Waals surface area (Å²) >= 11 is 1.67. The number of amides is 1. The summed E-state index contributed by atoms with van der Waals surface area (Å²) in [6, 6.07) is 13.8. The highest BCUT2D eigenvalue weighted by Gasteiger charge is 2.16. The molecule has 1 amide bonds. The van der Waals surface area contributed by atoms with E-state index in [4.69, 9.17) is 4.74 Å². The molecule has 0 aliphatic heterocycles. The Morgan fingerprint density at radius 3 is 2.24 bits per heavy atom. The van der Waals surface area contributed by atoms with Gasteiger partial charge in [-0.15, -0.1) is 11.8 Å². The Labute approximate surface area is 177 Å². The maximum atomic E-state index is 12.3. The molecule has 2 aromatic carbocycles. The third-order valence-electron chi connectivity index (χ3n) is 4.47. The average Bonchev–Trinajstić information content (AvgIpc) is 2.72. The lowest BCUT2D eigenvalue weighted by molar-refractivity contribution is -0.123. The van der Waals surface area contributed by atoms with Gasteiger partial charge in [-0.25, -0.2) is 13.1 Å². The second-order valence-electron chi connectivity index (χ2n) is 6.75. The minimum atomic E-state index is -3.56. The maximum Gasteiger partial charge on any atom is 0.258 e. The second kappa shape index (κ2) is 10.7. The number of hydrogen-bond donors (Lipinski definition) is 2. The third-order valence-corrected chi connectivity index (χ3v) is 6.81. The van der Waals surface area contributed by atoms with E-state index >= 15 is 0 Å². The lowest BCUT2D eigenvalue weighted by Crippen LogP contribution is -2.32. The molecule has 0 aromatic heterocycles. The molecular formula is C21H28N2O4S2. The van der Waals surface area contributed by atoms with Crippen LogP contribution in [0.3, 0.4) is 0 Å². The van der Waals surface area contributed by atoms with Crippen LogP contribution < -0.4 is 14.8 Å². The Morgan fingerprint density at radius 1 is 1.07 bits per heavy atom. The van der Waals surface area contributed by atoms with E-state index in [1.165, 1.54) is 17.0 Å². The summed E-state index contributed by atoms with van der Waals surface area (Å²) in [5.74, 6) is 0.182. The number of ether oxygens (including phenoxy) is 1. The highest BCUT2D eigenvalue weighted by molar-refractivity contribution is 7.98. The molecule has 0 fully saturated rings. The van der Waals surface area contributed by atoms with Crippen molar-refractivity contribution >= 4 is 27.7 Å². The normalized spacial score (nSPS) is 13.5. The van der Waals surface area contributed by atoms with Crippen LogP contribution in [0.1, 0.15) is 38.8 Å². The van der Waals surface area contributed by atoms with Crippen LogP contribution in [-0.2, 0) is 14.8 Å². The van der Waals surface area contributed by atoms with Crippen molar-refractivity contribution in [3.63, 3.8) is 0 Å². The number of thioether (sulfide) groups is 1. The molecule has 2 rings (SSSR count). The van der Waals surface area contributed by atoms with Crippen LogP contribution in [0.25, 0.3) is 0 Å². The first-order valence-corrected chi connectivity index (χ1v) is 12.1. The van der Waals surface area contributed by atoms with Crippen LogP contribution in [0.15, 0.2) is 58.3 Å². The fraction of sp³-hybridized carbons (Fsp3) is 0.381. The number of benzene rings is 2. The van der Waals surface area contributed by atoms with E-state index in [0.29, 0.717) is 12.2 Å². The number of rotatable bonds is 10. The molecule has 0 aliphatic rings. The molecule has 0 bridgehead atoms. The van der Waals surface area contributed by atoms with Crippen molar-refractivity contribution in [2.75, 3.05) is 12.9 Å². The standard InChI is InChI=1S/C21H28N2O4S2/c1-5-15(2)23-29(25,26)20-12-8-18(9-13-20)27-14-21(24)22-16(3)17-6-10-19(28-4)11-7-17/h6-13,15-16,23H,5,14H2,1-4H3,(H,22,24)/t15-,16+/m1/s1. The van der Waals surface area contributed by atoms with Crippen LogP contribution in [0.2, 0.25) is 0 Å². The quantitative estimate of drug-likeness (QED) is 0.554. The highest BCUT2D eigenvalue weighted by Crippen LogP contribution is 2.19. The molecule has 2 atom stereocenters. The zero-order valence-electron chi connectivity index (χ0n) is 17.1. The van der Waals surface area contributed by atoms with Crippen molar-refractivity contribution in [3.05, 3.63) is 54.1 Å². The molecule has 0 saturated heterocycles. The van der Waals surface area contributed by atoms with Crippen molar-refractivity contribution in [3.8, 4) is 5.75 Å². The smallest absolute Gasteiger partial charge is 0.258 e. The predicted octanol–water partition coefficient (Wildman–Crippen LogP) is 3.74. The van der Waals surface area contributed by atoms with E-state index < -0.39 is 10.0 Å². The molecule has 8 heteroatoms. The van der Waals surface area contributed by atoms with Crippen LogP contribution in [0, 0.1) is 0 Å². The second-order valence-corrected chi connectivity index (χ2v) is 9.35. The molecule has 2 aromatic rings. The van der Waals surface area contributed by atoms with Crippen LogP contribution in [-0.4, -0.2) is 33.2 Å². The van der Waals surface area contributed by atoms with E-state index in [0.717, 1.165) is 5.56 Å². The minimum Gasteiger partial charge on any atom is -0.484 e. The molecule has 0 aliphatic carbocycles. The van der Waals surface area contributed by atoms with E-state index in [2.05, 4.69) is 10.0 Å². The number of carbonyl (C=O) groups excluding carboxylic acids is 1. The van der Waals surface area contributed by atoms with Gasteiger partial charge in [-0.2, -0.15) is 0 Å². The van der Waals surface area contributed by atoms with Gasteiger partial charge in [0.1, 0.15) is 5.75 Å². The van der Waals surface area contributed by atoms with Gasteiger partial charge in [-0.1, -0.05) is 19.1 Å². The first-order valence-electron chi connectivity index (χ1n) is 9.43.